The molecular formula is C20H16ClF2NO6. The highest BCUT2D eigenvalue weighted by atomic mass is 35.5. The second-order valence-electron chi connectivity index (χ2n) is 6.04. The minimum absolute atomic E-state index is 0.107. The van der Waals surface area contributed by atoms with Crippen LogP contribution in [-0.2, 0) is 14.3 Å². The predicted molar refractivity (Wildman–Crippen MR) is 104 cm³/mol. The van der Waals surface area contributed by atoms with Crippen molar-refractivity contribution in [3.8, 4) is 17.2 Å². The molecule has 0 fully saturated rings. The number of fused-ring (bicyclic) bond motifs is 1. The van der Waals surface area contributed by atoms with Crippen LogP contribution in [0.1, 0.15) is 12.5 Å². The van der Waals surface area contributed by atoms with Gasteiger partial charge in [-0.3, -0.25) is 4.79 Å². The van der Waals surface area contributed by atoms with Gasteiger partial charge < -0.3 is 24.3 Å². The molecule has 0 bridgehead atoms. The second kappa shape index (κ2) is 9.45. The van der Waals surface area contributed by atoms with Crippen LogP contribution in [-0.4, -0.2) is 31.4 Å². The molecule has 0 saturated carbocycles. The number of amides is 1. The van der Waals surface area contributed by atoms with E-state index < -0.39 is 24.6 Å². The summed E-state index contributed by atoms with van der Waals surface area (Å²) in [5.41, 5.74) is 0.916. The van der Waals surface area contributed by atoms with Crippen LogP contribution < -0.4 is 19.5 Å². The number of hydrogen-bond donors (Lipinski definition) is 1. The lowest BCUT2D eigenvalue weighted by atomic mass is 10.2. The Labute approximate surface area is 175 Å². The van der Waals surface area contributed by atoms with Gasteiger partial charge in [-0.05, 0) is 48.9 Å². The number of alkyl halides is 2. The van der Waals surface area contributed by atoms with Crippen molar-refractivity contribution in [2.24, 2.45) is 0 Å². The zero-order valence-electron chi connectivity index (χ0n) is 15.6. The molecule has 0 unspecified atom stereocenters. The fourth-order valence-electron chi connectivity index (χ4n) is 2.46. The molecule has 7 nitrogen and oxygen atoms in total. The zero-order valence-corrected chi connectivity index (χ0v) is 16.3. The fourth-order valence-corrected chi connectivity index (χ4v) is 2.69. The quantitative estimate of drug-likeness (QED) is 0.513. The summed E-state index contributed by atoms with van der Waals surface area (Å²) in [6.07, 6.45) is 1.57. The number of carbonyl (C=O) groups is 2. The molecule has 0 radical (unpaired) electrons. The van der Waals surface area contributed by atoms with Crippen molar-refractivity contribution in [3.63, 3.8) is 0 Å². The molecule has 30 heavy (non-hydrogen) atoms. The summed E-state index contributed by atoms with van der Waals surface area (Å²) in [6.45, 7) is -1.49. The smallest absolute Gasteiger partial charge is 0.387 e. The molecule has 10 heteroatoms. The molecule has 1 aliphatic rings. The molecule has 0 aliphatic carbocycles. The van der Waals surface area contributed by atoms with Gasteiger partial charge in [0.05, 0.1) is 5.02 Å². The molecule has 2 aromatic carbocycles. The van der Waals surface area contributed by atoms with Crippen LogP contribution in [0, 0.1) is 0 Å². The molecule has 0 spiro atoms. The van der Waals surface area contributed by atoms with Crippen LogP contribution in [0.15, 0.2) is 42.5 Å². The van der Waals surface area contributed by atoms with Gasteiger partial charge in [0.15, 0.2) is 17.6 Å². The van der Waals surface area contributed by atoms with Crippen LogP contribution >= 0.6 is 11.6 Å². The number of benzene rings is 2. The third kappa shape index (κ3) is 5.60. The standard InChI is InChI=1S/C20H16ClF2NO6/c1-11(19(26)24-13-4-6-15(14(21)9-13)30-20(22)23)29-18(25)7-3-12-2-5-16-17(8-12)28-10-27-16/h2-9,11,20H,10H2,1H3,(H,24,26)/b7-3+/t11-/m0/s1. The van der Waals surface area contributed by atoms with Gasteiger partial charge >= 0.3 is 12.6 Å². The topological polar surface area (TPSA) is 83.1 Å². The highest BCUT2D eigenvalue weighted by Gasteiger charge is 2.18. The maximum atomic E-state index is 12.3. The van der Waals surface area contributed by atoms with E-state index in [0.29, 0.717) is 17.1 Å². The third-order valence-corrected chi connectivity index (χ3v) is 4.18. The van der Waals surface area contributed by atoms with E-state index in [0.717, 1.165) is 0 Å². The Kier molecular flexibility index (Phi) is 6.73. The summed E-state index contributed by atoms with van der Waals surface area (Å²) in [5, 5.41) is 2.37. The number of anilines is 1. The summed E-state index contributed by atoms with van der Waals surface area (Å²) in [4.78, 5) is 24.2. The van der Waals surface area contributed by atoms with Crippen LogP contribution in [0.2, 0.25) is 5.02 Å². The zero-order chi connectivity index (χ0) is 21.7. The minimum atomic E-state index is -3.02. The van der Waals surface area contributed by atoms with Crippen molar-refractivity contribution in [3.05, 3.63) is 53.1 Å². The van der Waals surface area contributed by atoms with Gasteiger partial charge in [0, 0.05) is 11.8 Å². The average Bonchev–Trinajstić information content (AvgIpc) is 3.16. The van der Waals surface area contributed by atoms with E-state index >= 15 is 0 Å². The van der Waals surface area contributed by atoms with Crippen LogP contribution in [0.25, 0.3) is 6.08 Å². The largest absolute Gasteiger partial charge is 0.454 e. The first-order valence-electron chi connectivity index (χ1n) is 8.65. The molecule has 1 heterocycles. The maximum absolute atomic E-state index is 12.3. The summed E-state index contributed by atoms with van der Waals surface area (Å²) >= 11 is 5.83. The SMILES string of the molecule is C[C@H](OC(=O)/C=C/c1ccc2c(c1)OCO2)C(=O)Nc1ccc(OC(F)F)c(Cl)c1. The van der Waals surface area contributed by atoms with Crippen molar-refractivity contribution in [1.29, 1.82) is 0 Å². The summed E-state index contributed by atoms with van der Waals surface area (Å²) in [5.74, 6) is -0.388. The molecule has 1 amide bonds. The molecule has 1 N–H and O–H groups in total. The van der Waals surface area contributed by atoms with Gasteiger partial charge in [-0.15, -0.1) is 0 Å². The number of rotatable bonds is 7. The summed E-state index contributed by atoms with van der Waals surface area (Å²) in [6, 6.07) is 8.91. The molecule has 0 saturated heterocycles. The number of esters is 1. The lowest BCUT2D eigenvalue weighted by Gasteiger charge is -2.13. The first kappa shape index (κ1) is 21.4. The molecule has 1 atom stereocenters. The van der Waals surface area contributed by atoms with Crippen LogP contribution in [0.5, 0.6) is 17.2 Å². The van der Waals surface area contributed by atoms with Crippen molar-refractivity contribution < 1.29 is 37.3 Å². The highest BCUT2D eigenvalue weighted by Crippen LogP contribution is 2.33. The predicted octanol–water partition coefficient (Wildman–Crippen LogP) is 4.25. The molecule has 1 aliphatic heterocycles. The van der Waals surface area contributed by atoms with E-state index in [2.05, 4.69) is 10.1 Å². The number of carbonyl (C=O) groups excluding carboxylic acids is 2. The monoisotopic (exact) mass is 439 g/mol. The van der Waals surface area contributed by atoms with Gasteiger partial charge in [0.25, 0.3) is 5.91 Å². The van der Waals surface area contributed by atoms with E-state index in [9.17, 15) is 18.4 Å². The highest BCUT2D eigenvalue weighted by molar-refractivity contribution is 6.32. The van der Waals surface area contributed by atoms with Gasteiger partial charge in [-0.1, -0.05) is 17.7 Å². The third-order valence-electron chi connectivity index (χ3n) is 3.89. The van der Waals surface area contributed by atoms with Crippen LogP contribution in [0.4, 0.5) is 14.5 Å². The lowest BCUT2D eigenvalue weighted by Crippen LogP contribution is -2.29. The first-order chi connectivity index (χ1) is 14.3. The number of hydrogen-bond acceptors (Lipinski definition) is 6. The lowest BCUT2D eigenvalue weighted by molar-refractivity contribution is -0.148. The Morgan fingerprint density at radius 3 is 2.67 bits per heavy atom. The number of halogens is 3. The Bertz CT molecular complexity index is 982. The molecular weight excluding hydrogens is 424 g/mol. The average molecular weight is 440 g/mol. The molecule has 158 valence electrons. The Morgan fingerprint density at radius 2 is 1.93 bits per heavy atom. The van der Waals surface area contributed by atoms with Crippen molar-refractivity contribution in [2.75, 3.05) is 12.1 Å². The second-order valence-corrected chi connectivity index (χ2v) is 6.45. The molecule has 0 aromatic heterocycles. The van der Waals surface area contributed by atoms with Gasteiger partial charge in [-0.25, -0.2) is 4.79 Å². The normalized spacial score (nSPS) is 13.4. The molecule has 3 rings (SSSR count). The maximum Gasteiger partial charge on any atom is 0.387 e. The van der Waals surface area contributed by atoms with Gasteiger partial charge in [0.2, 0.25) is 6.79 Å². The fraction of sp³-hybridized carbons (Fsp3) is 0.200. The minimum Gasteiger partial charge on any atom is -0.454 e. The van der Waals surface area contributed by atoms with Crippen molar-refractivity contribution >= 4 is 35.2 Å². The van der Waals surface area contributed by atoms with Gasteiger partial charge in [0.1, 0.15) is 5.75 Å². The summed E-state index contributed by atoms with van der Waals surface area (Å²) < 4.78 is 44.2. The van der Waals surface area contributed by atoms with E-state index in [1.807, 2.05) is 0 Å². The van der Waals surface area contributed by atoms with E-state index in [4.69, 9.17) is 25.8 Å². The Morgan fingerprint density at radius 1 is 1.17 bits per heavy atom. The van der Waals surface area contributed by atoms with Crippen LogP contribution in [0.3, 0.4) is 0 Å². The van der Waals surface area contributed by atoms with Gasteiger partial charge in [-0.2, -0.15) is 8.78 Å². The van der Waals surface area contributed by atoms with Crippen molar-refractivity contribution in [1.82, 2.24) is 0 Å². The van der Waals surface area contributed by atoms with Crippen molar-refractivity contribution in [2.45, 2.75) is 19.6 Å². The Balaban J connectivity index is 1.53. The first-order valence-corrected chi connectivity index (χ1v) is 9.03. The van der Waals surface area contributed by atoms with E-state index in [1.54, 1.807) is 18.2 Å². The van der Waals surface area contributed by atoms with E-state index in [-0.39, 0.29) is 23.3 Å². The van der Waals surface area contributed by atoms with E-state index in [1.165, 1.54) is 37.3 Å². The molecule has 2 aromatic rings. The summed E-state index contributed by atoms with van der Waals surface area (Å²) in [7, 11) is 0. The number of ether oxygens (including phenoxy) is 4. The number of nitrogens with one attached hydrogen (secondary N) is 1. The Hall–Kier alpha value is -3.33.